The quantitative estimate of drug-likeness (QED) is 0.696. The number of rotatable bonds is 9. The van der Waals surface area contributed by atoms with Gasteiger partial charge in [0, 0.05) is 12.6 Å². The van der Waals surface area contributed by atoms with Gasteiger partial charge in [-0.2, -0.15) is 5.26 Å². The van der Waals surface area contributed by atoms with E-state index in [1.54, 1.807) is 0 Å². The molecule has 1 rings (SSSR count). The Bertz CT molecular complexity index is 308. The van der Waals surface area contributed by atoms with Crippen molar-refractivity contribution in [3.63, 3.8) is 0 Å². The minimum Gasteiger partial charge on any atom is -0.306 e. The molecule has 110 valence electrons. The summed E-state index contributed by atoms with van der Waals surface area (Å²) in [5.74, 6) is 1.85. The van der Waals surface area contributed by atoms with Crippen LogP contribution in [0.5, 0.6) is 0 Å². The van der Waals surface area contributed by atoms with Gasteiger partial charge in [0.15, 0.2) is 0 Å². The summed E-state index contributed by atoms with van der Waals surface area (Å²) in [4.78, 5) is 2.43. The maximum Gasteiger partial charge on any atom is 0.106 e. The van der Waals surface area contributed by atoms with Gasteiger partial charge in [-0.05, 0) is 65.0 Å². The van der Waals surface area contributed by atoms with E-state index in [0.29, 0.717) is 6.04 Å². The van der Waals surface area contributed by atoms with Crippen molar-refractivity contribution in [2.45, 2.75) is 65.0 Å². The fourth-order valence-corrected chi connectivity index (χ4v) is 2.87. The number of hydrogen-bond acceptors (Lipinski definition) is 3. The summed E-state index contributed by atoms with van der Waals surface area (Å²) in [5.41, 5.74) is -0.331. The van der Waals surface area contributed by atoms with Crippen LogP contribution >= 0.6 is 0 Å². The average molecular weight is 265 g/mol. The summed E-state index contributed by atoms with van der Waals surface area (Å²) in [5, 5.41) is 12.9. The zero-order valence-corrected chi connectivity index (χ0v) is 13.4. The zero-order chi connectivity index (χ0) is 14.5. The van der Waals surface area contributed by atoms with E-state index in [2.05, 4.69) is 51.0 Å². The molecule has 3 unspecified atom stereocenters. The van der Waals surface area contributed by atoms with Gasteiger partial charge in [-0.15, -0.1) is 0 Å². The van der Waals surface area contributed by atoms with Gasteiger partial charge in [0.25, 0.3) is 0 Å². The lowest BCUT2D eigenvalue weighted by atomic mass is 9.91. The summed E-state index contributed by atoms with van der Waals surface area (Å²) in [6.45, 7) is 11.0. The van der Waals surface area contributed by atoms with E-state index < -0.39 is 0 Å². The van der Waals surface area contributed by atoms with Crippen LogP contribution in [0.1, 0.15) is 53.4 Å². The fraction of sp³-hybridized carbons (Fsp3) is 0.938. The van der Waals surface area contributed by atoms with Gasteiger partial charge < -0.3 is 4.90 Å². The second-order valence-corrected chi connectivity index (χ2v) is 6.69. The van der Waals surface area contributed by atoms with E-state index in [1.807, 2.05) is 0 Å². The average Bonchev–Trinajstić information content (AvgIpc) is 3.02. The first-order valence-electron chi connectivity index (χ1n) is 7.80. The normalized spacial score (nSPS) is 25.4. The highest BCUT2D eigenvalue weighted by atomic mass is 15.1. The Morgan fingerprint density at radius 3 is 2.53 bits per heavy atom. The Labute approximate surface area is 119 Å². The molecule has 1 aliphatic rings. The number of nitrogens with one attached hydrogen (secondary N) is 1. The largest absolute Gasteiger partial charge is 0.306 e. The standard InChI is InChI=1S/C16H31N3/c1-6-16(12-17,18-13(2)3)8-7-9-19(5)11-15-10-14(15)4/h13-15,18H,6-11H2,1-5H3. The first kappa shape index (κ1) is 16.5. The van der Waals surface area contributed by atoms with Crippen molar-refractivity contribution in [3.8, 4) is 6.07 Å². The van der Waals surface area contributed by atoms with Crippen LogP contribution in [-0.2, 0) is 0 Å². The van der Waals surface area contributed by atoms with Crippen LogP contribution in [0.3, 0.4) is 0 Å². The monoisotopic (exact) mass is 265 g/mol. The van der Waals surface area contributed by atoms with Crippen molar-refractivity contribution in [1.29, 1.82) is 5.26 Å². The SMILES string of the molecule is CCC(C#N)(CCCN(C)CC1CC1C)NC(C)C. The molecule has 0 aliphatic heterocycles. The van der Waals surface area contributed by atoms with Crippen molar-refractivity contribution < 1.29 is 0 Å². The predicted octanol–water partition coefficient (Wildman–Crippen LogP) is 3.02. The molecule has 0 bridgehead atoms. The van der Waals surface area contributed by atoms with Crippen LogP contribution < -0.4 is 5.32 Å². The molecule has 0 radical (unpaired) electrons. The van der Waals surface area contributed by atoms with E-state index in [9.17, 15) is 5.26 Å². The van der Waals surface area contributed by atoms with Gasteiger partial charge in [-0.1, -0.05) is 13.8 Å². The fourth-order valence-electron chi connectivity index (χ4n) is 2.87. The summed E-state index contributed by atoms with van der Waals surface area (Å²) in [6.07, 6.45) is 4.32. The minimum atomic E-state index is -0.331. The second kappa shape index (κ2) is 7.26. The Morgan fingerprint density at radius 2 is 2.11 bits per heavy atom. The minimum absolute atomic E-state index is 0.331. The molecule has 1 aliphatic carbocycles. The van der Waals surface area contributed by atoms with Crippen molar-refractivity contribution in [2.75, 3.05) is 20.1 Å². The lowest BCUT2D eigenvalue weighted by Crippen LogP contribution is -2.47. The molecule has 3 nitrogen and oxygen atoms in total. The third kappa shape index (κ3) is 5.50. The Balaban J connectivity index is 2.29. The van der Waals surface area contributed by atoms with E-state index in [1.165, 1.54) is 13.0 Å². The molecule has 0 aromatic heterocycles. The lowest BCUT2D eigenvalue weighted by Gasteiger charge is -2.29. The van der Waals surface area contributed by atoms with Crippen LogP contribution in [0.4, 0.5) is 0 Å². The molecule has 0 aromatic rings. The van der Waals surface area contributed by atoms with Crippen molar-refractivity contribution in [3.05, 3.63) is 0 Å². The van der Waals surface area contributed by atoms with Crippen LogP contribution in [0.15, 0.2) is 0 Å². The van der Waals surface area contributed by atoms with Crippen LogP contribution in [0, 0.1) is 23.2 Å². The van der Waals surface area contributed by atoms with Gasteiger partial charge in [0.05, 0.1) is 6.07 Å². The van der Waals surface area contributed by atoms with Gasteiger partial charge in [-0.3, -0.25) is 5.32 Å². The molecule has 19 heavy (non-hydrogen) atoms. The summed E-state index contributed by atoms with van der Waals surface area (Å²) in [7, 11) is 2.21. The molecule has 0 aromatic carbocycles. The Hall–Kier alpha value is -0.590. The van der Waals surface area contributed by atoms with Crippen LogP contribution in [0.25, 0.3) is 0 Å². The zero-order valence-electron chi connectivity index (χ0n) is 13.4. The van der Waals surface area contributed by atoms with E-state index in [4.69, 9.17) is 0 Å². The third-order valence-corrected chi connectivity index (χ3v) is 4.35. The highest BCUT2D eigenvalue weighted by Crippen LogP contribution is 2.37. The molecule has 1 fully saturated rings. The third-order valence-electron chi connectivity index (χ3n) is 4.35. The van der Waals surface area contributed by atoms with Crippen LogP contribution in [0.2, 0.25) is 0 Å². The molecule has 1 saturated carbocycles. The van der Waals surface area contributed by atoms with Gasteiger partial charge in [-0.25, -0.2) is 0 Å². The molecule has 3 atom stereocenters. The molecule has 0 amide bonds. The molecule has 0 spiro atoms. The molecular formula is C16H31N3. The van der Waals surface area contributed by atoms with Crippen LogP contribution in [-0.4, -0.2) is 36.6 Å². The maximum absolute atomic E-state index is 9.45. The van der Waals surface area contributed by atoms with Gasteiger partial charge in [0.2, 0.25) is 0 Å². The van der Waals surface area contributed by atoms with E-state index in [-0.39, 0.29) is 5.54 Å². The van der Waals surface area contributed by atoms with Crippen molar-refractivity contribution >= 4 is 0 Å². The molecule has 0 heterocycles. The smallest absolute Gasteiger partial charge is 0.106 e. The number of nitriles is 1. The molecule has 0 saturated heterocycles. The molecular weight excluding hydrogens is 234 g/mol. The number of nitrogens with zero attached hydrogens (tertiary/aromatic N) is 2. The second-order valence-electron chi connectivity index (χ2n) is 6.69. The summed E-state index contributed by atoms with van der Waals surface area (Å²) >= 11 is 0. The maximum atomic E-state index is 9.45. The summed E-state index contributed by atoms with van der Waals surface area (Å²) in [6, 6.07) is 2.87. The lowest BCUT2D eigenvalue weighted by molar-refractivity contribution is 0.276. The highest BCUT2D eigenvalue weighted by molar-refractivity contribution is 5.06. The Kier molecular flexibility index (Phi) is 6.29. The predicted molar refractivity (Wildman–Crippen MR) is 80.9 cm³/mol. The van der Waals surface area contributed by atoms with E-state index in [0.717, 1.165) is 37.6 Å². The first-order chi connectivity index (χ1) is 8.92. The number of hydrogen-bond donors (Lipinski definition) is 1. The van der Waals surface area contributed by atoms with Crippen molar-refractivity contribution in [1.82, 2.24) is 10.2 Å². The highest BCUT2D eigenvalue weighted by Gasteiger charge is 2.33. The van der Waals surface area contributed by atoms with Gasteiger partial charge >= 0.3 is 0 Å². The van der Waals surface area contributed by atoms with E-state index >= 15 is 0 Å². The Morgan fingerprint density at radius 1 is 1.47 bits per heavy atom. The van der Waals surface area contributed by atoms with Gasteiger partial charge in [0.1, 0.15) is 5.54 Å². The molecule has 3 heteroatoms. The topological polar surface area (TPSA) is 39.1 Å². The van der Waals surface area contributed by atoms with Crippen molar-refractivity contribution in [2.24, 2.45) is 11.8 Å². The summed E-state index contributed by atoms with van der Waals surface area (Å²) < 4.78 is 0. The molecule has 1 N–H and O–H groups in total. The first-order valence-corrected chi connectivity index (χ1v) is 7.80.